The fraction of sp³-hybridized carbons (Fsp3) is 0. The van der Waals surface area contributed by atoms with Gasteiger partial charge in [0.25, 0.3) is 0 Å². The van der Waals surface area contributed by atoms with Gasteiger partial charge in [-0.15, -0.1) is 12.1 Å². The van der Waals surface area contributed by atoms with E-state index in [-0.39, 0.29) is 21.1 Å². The molecule has 0 radical (unpaired) electrons. The van der Waals surface area contributed by atoms with E-state index >= 15 is 0 Å². The first-order valence-electron chi connectivity index (χ1n) is 15.4. The van der Waals surface area contributed by atoms with Crippen LogP contribution in [0.3, 0.4) is 0 Å². The second-order valence-electron chi connectivity index (χ2n) is 11.6. The smallest absolute Gasteiger partial charge is 0.497 e. The summed E-state index contributed by atoms with van der Waals surface area (Å²) in [5.74, 6) is 1.15. The van der Waals surface area contributed by atoms with Gasteiger partial charge in [-0.2, -0.15) is 0 Å². The van der Waals surface area contributed by atoms with E-state index < -0.39 is 0 Å². The average Bonchev–Trinajstić information content (AvgIpc) is 3.84. The van der Waals surface area contributed by atoms with Crippen LogP contribution in [0.15, 0.2) is 140 Å². The molecule has 0 aliphatic carbocycles. The SMILES string of the molecule is [Pt+2].[c-]1c(Oc2[c-]c3c(cc2)c2c(-c4ccccc4)ccc(-c4ccccc4)c2n2ccnc32)ccc2c1c1nccn1c1cccnc21. The number of rotatable bonds is 4. The summed E-state index contributed by atoms with van der Waals surface area (Å²) in [5, 5.41) is 4.90. The summed E-state index contributed by atoms with van der Waals surface area (Å²) in [7, 11) is 0. The third kappa shape index (κ3) is 4.26. The summed E-state index contributed by atoms with van der Waals surface area (Å²) in [6.45, 7) is 0. The summed E-state index contributed by atoms with van der Waals surface area (Å²) < 4.78 is 10.7. The van der Waals surface area contributed by atoms with Crippen molar-refractivity contribution in [1.29, 1.82) is 0 Å². The Labute approximate surface area is 289 Å². The minimum atomic E-state index is 0. The van der Waals surface area contributed by atoms with Crippen LogP contribution in [0, 0.1) is 12.1 Å². The van der Waals surface area contributed by atoms with E-state index in [1.807, 2.05) is 65.6 Å². The van der Waals surface area contributed by atoms with Crippen LogP contribution < -0.4 is 4.74 Å². The second kappa shape index (κ2) is 11.1. The van der Waals surface area contributed by atoms with Crippen molar-refractivity contribution in [3.05, 3.63) is 152 Å². The van der Waals surface area contributed by atoms with Gasteiger partial charge in [-0.25, -0.2) is 0 Å². The molecule has 0 aliphatic rings. The molecule has 0 atom stereocenters. The molecule has 0 amide bonds. The molecule has 0 fully saturated rings. The molecule has 10 rings (SSSR count). The molecule has 48 heavy (non-hydrogen) atoms. The van der Waals surface area contributed by atoms with Gasteiger partial charge in [0.1, 0.15) is 0 Å². The fourth-order valence-corrected chi connectivity index (χ4v) is 6.92. The van der Waals surface area contributed by atoms with Gasteiger partial charge in [-0.05, 0) is 34.2 Å². The Morgan fingerprint density at radius 1 is 0.521 bits per heavy atom. The molecule has 0 aliphatic heterocycles. The number of nitrogens with zero attached hydrogens (tertiary/aromatic N) is 5. The molecule has 7 heteroatoms. The standard InChI is InChI=1S/C41H23N5O.Pt/c1-3-8-26(9-4-1)30-17-18-31(27-10-5-2-6-11-27)39-37(30)32-15-13-28(24-34(32)41-44-21-23-46(39)41)47-29-14-16-33-35(25-29)40-43-20-22-45(40)36-12-7-19-42-38(33)36;/h1-23H;/q-2;+2. The number of imidazole rings is 2. The maximum absolute atomic E-state index is 6.47. The third-order valence-electron chi connectivity index (χ3n) is 8.95. The molecule has 5 aromatic carbocycles. The Kier molecular flexibility index (Phi) is 6.59. The fourth-order valence-electron chi connectivity index (χ4n) is 6.92. The van der Waals surface area contributed by atoms with Gasteiger partial charge in [0.15, 0.2) is 0 Å². The van der Waals surface area contributed by atoms with Gasteiger partial charge < -0.3 is 13.5 Å². The Balaban J connectivity index is 0.00000314. The quantitative estimate of drug-likeness (QED) is 0.132. The first kappa shape index (κ1) is 28.4. The van der Waals surface area contributed by atoms with E-state index in [1.54, 1.807) is 6.20 Å². The maximum atomic E-state index is 6.47. The summed E-state index contributed by atoms with van der Waals surface area (Å²) in [6, 6.07) is 44.6. The van der Waals surface area contributed by atoms with E-state index in [1.165, 1.54) is 0 Å². The topological polar surface area (TPSA) is 56.7 Å². The zero-order valence-corrected chi connectivity index (χ0v) is 27.5. The van der Waals surface area contributed by atoms with Crippen LogP contribution in [0.4, 0.5) is 0 Å². The van der Waals surface area contributed by atoms with Crippen molar-refractivity contribution < 1.29 is 25.8 Å². The van der Waals surface area contributed by atoms with E-state index in [4.69, 9.17) is 9.72 Å². The van der Waals surface area contributed by atoms with Crippen LogP contribution >= 0.6 is 0 Å². The van der Waals surface area contributed by atoms with Gasteiger partial charge in [0.05, 0.1) is 22.3 Å². The van der Waals surface area contributed by atoms with Crippen molar-refractivity contribution >= 4 is 54.8 Å². The molecule has 5 aromatic heterocycles. The number of aromatic nitrogens is 5. The number of benzene rings is 5. The predicted octanol–water partition coefficient (Wildman–Crippen LogP) is 9.71. The van der Waals surface area contributed by atoms with Crippen LogP contribution in [-0.4, -0.2) is 23.8 Å². The molecule has 0 N–H and O–H groups in total. The van der Waals surface area contributed by atoms with Crippen molar-refractivity contribution in [1.82, 2.24) is 23.8 Å². The first-order valence-corrected chi connectivity index (χ1v) is 15.4. The number of hydrogen-bond donors (Lipinski definition) is 0. The molecule has 228 valence electrons. The van der Waals surface area contributed by atoms with Crippen LogP contribution in [-0.2, 0) is 21.1 Å². The van der Waals surface area contributed by atoms with Gasteiger partial charge >= 0.3 is 21.1 Å². The molecular weight excluding hydrogens is 774 g/mol. The molecule has 0 spiro atoms. The number of hydrogen-bond acceptors (Lipinski definition) is 4. The minimum Gasteiger partial charge on any atom is -0.497 e. The summed E-state index contributed by atoms with van der Waals surface area (Å²) in [4.78, 5) is 14.1. The summed E-state index contributed by atoms with van der Waals surface area (Å²) in [5.41, 5.74) is 9.21. The summed E-state index contributed by atoms with van der Waals surface area (Å²) >= 11 is 0. The van der Waals surface area contributed by atoms with Crippen molar-refractivity contribution in [2.75, 3.05) is 0 Å². The summed E-state index contributed by atoms with van der Waals surface area (Å²) in [6.07, 6.45) is 9.44. The molecule has 0 bridgehead atoms. The maximum Gasteiger partial charge on any atom is 2.00 e. The minimum absolute atomic E-state index is 0. The Hall–Kier alpha value is -5.84. The molecule has 0 unspecified atom stereocenters. The Bertz CT molecular complexity index is 2830. The van der Waals surface area contributed by atoms with Crippen molar-refractivity contribution in [2.24, 2.45) is 0 Å². The Morgan fingerprint density at radius 2 is 1.12 bits per heavy atom. The van der Waals surface area contributed by atoms with E-state index in [2.05, 4.69) is 99.3 Å². The molecular formula is C41H23N5OPt. The zero-order chi connectivity index (χ0) is 30.9. The average molecular weight is 797 g/mol. The van der Waals surface area contributed by atoms with Crippen molar-refractivity contribution in [3.8, 4) is 33.8 Å². The van der Waals surface area contributed by atoms with E-state index in [0.29, 0.717) is 11.5 Å². The molecule has 0 saturated heterocycles. The van der Waals surface area contributed by atoms with Crippen LogP contribution in [0.25, 0.3) is 77.0 Å². The molecule has 10 aromatic rings. The number of ether oxygens (including phenoxy) is 1. The molecule has 0 saturated carbocycles. The predicted molar refractivity (Wildman–Crippen MR) is 187 cm³/mol. The molecule has 6 nitrogen and oxygen atoms in total. The van der Waals surface area contributed by atoms with Crippen LogP contribution in [0.2, 0.25) is 0 Å². The van der Waals surface area contributed by atoms with Gasteiger partial charge in [0, 0.05) is 53.6 Å². The second-order valence-corrected chi connectivity index (χ2v) is 11.6. The normalized spacial score (nSPS) is 11.6. The van der Waals surface area contributed by atoms with Gasteiger partial charge in [0.2, 0.25) is 0 Å². The first-order chi connectivity index (χ1) is 23.3. The van der Waals surface area contributed by atoms with Crippen molar-refractivity contribution in [3.63, 3.8) is 0 Å². The molecule has 5 heterocycles. The number of pyridine rings is 3. The van der Waals surface area contributed by atoms with Crippen LogP contribution in [0.5, 0.6) is 11.5 Å². The Morgan fingerprint density at radius 3 is 1.85 bits per heavy atom. The number of fused-ring (bicyclic) bond motifs is 12. The van der Waals surface area contributed by atoms with Gasteiger partial charge in [-0.1, -0.05) is 119 Å². The third-order valence-corrected chi connectivity index (χ3v) is 8.95. The largest absolute Gasteiger partial charge is 2.00 e. The van der Waals surface area contributed by atoms with E-state index in [0.717, 1.165) is 77.0 Å². The van der Waals surface area contributed by atoms with E-state index in [9.17, 15) is 0 Å². The zero-order valence-electron chi connectivity index (χ0n) is 25.2. The van der Waals surface area contributed by atoms with Crippen LogP contribution in [0.1, 0.15) is 0 Å². The van der Waals surface area contributed by atoms with Crippen molar-refractivity contribution in [2.45, 2.75) is 0 Å². The monoisotopic (exact) mass is 796 g/mol. The van der Waals surface area contributed by atoms with Gasteiger partial charge in [-0.3, -0.25) is 15.0 Å².